The highest BCUT2D eigenvalue weighted by molar-refractivity contribution is 6.02. The number of ether oxygens (including phenoxy) is 1. The maximum atomic E-state index is 12.8. The molecule has 1 heterocycles. The predicted octanol–water partition coefficient (Wildman–Crippen LogP) is 5.14. The normalized spacial score (nSPS) is 12.1. The van der Waals surface area contributed by atoms with Crippen LogP contribution >= 0.6 is 0 Å². The summed E-state index contributed by atoms with van der Waals surface area (Å²) in [6, 6.07) is 21.7. The summed E-state index contributed by atoms with van der Waals surface area (Å²) < 4.78 is 5.27. The number of carbonyl (C=O) groups is 1. The highest BCUT2D eigenvalue weighted by atomic mass is 16.5. The third kappa shape index (κ3) is 3.34. The van der Waals surface area contributed by atoms with E-state index in [4.69, 9.17) is 4.74 Å². The lowest BCUT2D eigenvalue weighted by atomic mass is 9.97. The Balaban J connectivity index is 1.61. The van der Waals surface area contributed by atoms with E-state index in [9.17, 15) is 4.79 Å². The summed E-state index contributed by atoms with van der Waals surface area (Å²) in [6.07, 6.45) is 1.74. The van der Waals surface area contributed by atoms with Gasteiger partial charge in [0.1, 0.15) is 5.75 Å². The topological polar surface area (TPSA) is 51.2 Å². The van der Waals surface area contributed by atoms with Gasteiger partial charge in [0.25, 0.3) is 0 Å². The van der Waals surface area contributed by atoms with Gasteiger partial charge in [0.05, 0.1) is 24.2 Å². The van der Waals surface area contributed by atoms with Crippen LogP contribution in [0.25, 0.3) is 21.7 Å². The Labute approximate surface area is 157 Å². The molecule has 4 aromatic rings. The number of aromatic nitrogens is 1. The zero-order valence-electron chi connectivity index (χ0n) is 15.3. The van der Waals surface area contributed by atoms with Crippen molar-refractivity contribution < 1.29 is 9.53 Å². The number of nitrogens with one attached hydrogen (secondary N) is 1. The molecule has 1 amide bonds. The molecule has 0 aliphatic carbocycles. The first-order valence-electron chi connectivity index (χ1n) is 8.88. The highest BCUT2D eigenvalue weighted by Gasteiger charge is 2.17. The maximum absolute atomic E-state index is 12.8. The summed E-state index contributed by atoms with van der Waals surface area (Å²) in [5, 5.41) is 6.20. The zero-order chi connectivity index (χ0) is 18.8. The summed E-state index contributed by atoms with van der Waals surface area (Å²) in [7, 11) is 1.66. The molecule has 4 heteroatoms. The molecule has 1 aromatic heterocycles. The van der Waals surface area contributed by atoms with E-state index in [1.54, 1.807) is 13.3 Å². The van der Waals surface area contributed by atoms with Crippen molar-refractivity contribution in [1.29, 1.82) is 0 Å². The van der Waals surface area contributed by atoms with Crippen molar-refractivity contribution in [3.63, 3.8) is 0 Å². The quantitative estimate of drug-likeness (QED) is 0.551. The molecule has 0 unspecified atom stereocenters. The average molecular weight is 356 g/mol. The first-order chi connectivity index (χ1) is 13.2. The number of methoxy groups -OCH3 is 1. The zero-order valence-corrected chi connectivity index (χ0v) is 15.3. The van der Waals surface area contributed by atoms with Crippen LogP contribution in [0, 0.1) is 0 Å². The van der Waals surface area contributed by atoms with Crippen LogP contribution in [-0.4, -0.2) is 18.0 Å². The summed E-state index contributed by atoms with van der Waals surface area (Å²) in [4.78, 5) is 17.2. The van der Waals surface area contributed by atoms with Gasteiger partial charge in [-0.05, 0) is 47.5 Å². The van der Waals surface area contributed by atoms with E-state index in [1.807, 2.05) is 67.6 Å². The van der Waals surface area contributed by atoms with Gasteiger partial charge in [-0.3, -0.25) is 9.78 Å². The maximum Gasteiger partial charge on any atom is 0.231 e. The molecule has 0 spiro atoms. The highest BCUT2D eigenvalue weighted by Crippen LogP contribution is 2.27. The molecule has 0 fully saturated rings. The molecule has 0 saturated heterocycles. The van der Waals surface area contributed by atoms with Gasteiger partial charge in [0.2, 0.25) is 5.91 Å². The van der Waals surface area contributed by atoms with Crippen LogP contribution in [0.1, 0.15) is 18.4 Å². The number of nitrogens with zero attached hydrogens (tertiary/aromatic N) is 1. The second-order valence-electron chi connectivity index (χ2n) is 6.56. The van der Waals surface area contributed by atoms with Crippen molar-refractivity contribution in [2.24, 2.45) is 0 Å². The van der Waals surface area contributed by atoms with Crippen molar-refractivity contribution >= 4 is 33.3 Å². The number of fused-ring (bicyclic) bond motifs is 2. The Morgan fingerprint density at radius 1 is 0.963 bits per heavy atom. The largest absolute Gasteiger partial charge is 0.497 e. The van der Waals surface area contributed by atoms with Gasteiger partial charge in [-0.1, -0.05) is 42.5 Å². The molecule has 27 heavy (non-hydrogen) atoms. The van der Waals surface area contributed by atoms with E-state index in [2.05, 4.69) is 16.4 Å². The van der Waals surface area contributed by atoms with E-state index in [1.165, 1.54) is 0 Å². The molecule has 0 saturated carbocycles. The number of pyridine rings is 1. The summed E-state index contributed by atoms with van der Waals surface area (Å²) in [6.45, 7) is 1.92. The average Bonchev–Trinajstić information content (AvgIpc) is 2.72. The van der Waals surface area contributed by atoms with Crippen molar-refractivity contribution in [2.45, 2.75) is 12.8 Å². The Hall–Kier alpha value is -3.40. The van der Waals surface area contributed by atoms with E-state index >= 15 is 0 Å². The second-order valence-corrected chi connectivity index (χ2v) is 6.56. The van der Waals surface area contributed by atoms with Gasteiger partial charge in [0, 0.05) is 11.6 Å². The van der Waals surface area contributed by atoms with Crippen molar-refractivity contribution in [3.05, 3.63) is 78.5 Å². The van der Waals surface area contributed by atoms with Gasteiger partial charge in [-0.15, -0.1) is 0 Å². The van der Waals surface area contributed by atoms with Crippen molar-refractivity contribution in [1.82, 2.24) is 4.98 Å². The molecular formula is C23H20N2O2. The van der Waals surface area contributed by atoms with Crippen molar-refractivity contribution in [2.75, 3.05) is 12.4 Å². The second kappa shape index (κ2) is 7.08. The molecule has 134 valence electrons. The summed E-state index contributed by atoms with van der Waals surface area (Å²) >= 11 is 0. The van der Waals surface area contributed by atoms with Crippen LogP contribution in [-0.2, 0) is 4.79 Å². The van der Waals surface area contributed by atoms with E-state index < -0.39 is 0 Å². The number of hydrogen-bond acceptors (Lipinski definition) is 3. The molecule has 4 nitrogen and oxygen atoms in total. The standard InChI is InChI=1S/C23H20N2O2/c1-15(17-8-9-19-14-20(27-2)11-10-18(19)13-17)23(26)25-21-7-3-5-16-6-4-12-24-22(16)21/h3-15H,1-2H3,(H,25,26)/t15-/m1/s1. The van der Waals surface area contributed by atoms with Crippen LogP contribution < -0.4 is 10.1 Å². The molecule has 0 aliphatic heterocycles. The number of hydrogen-bond donors (Lipinski definition) is 1. The molecule has 3 aromatic carbocycles. The molecule has 0 bridgehead atoms. The van der Waals surface area contributed by atoms with Gasteiger partial charge < -0.3 is 10.1 Å². The lowest BCUT2D eigenvalue weighted by Crippen LogP contribution is -2.19. The van der Waals surface area contributed by atoms with Crippen LogP contribution in [0.2, 0.25) is 0 Å². The monoisotopic (exact) mass is 356 g/mol. The number of anilines is 1. The lowest BCUT2D eigenvalue weighted by molar-refractivity contribution is -0.117. The smallest absolute Gasteiger partial charge is 0.231 e. The first-order valence-corrected chi connectivity index (χ1v) is 8.88. The SMILES string of the molecule is COc1ccc2cc([C@@H](C)C(=O)Nc3cccc4cccnc34)ccc2c1. The minimum atomic E-state index is -0.282. The number of rotatable bonds is 4. The number of para-hydroxylation sites is 1. The predicted molar refractivity (Wildman–Crippen MR) is 109 cm³/mol. The van der Waals surface area contributed by atoms with Crippen LogP contribution in [0.4, 0.5) is 5.69 Å². The molecule has 0 radical (unpaired) electrons. The minimum Gasteiger partial charge on any atom is -0.497 e. The van der Waals surface area contributed by atoms with E-state index in [0.717, 1.165) is 38.7 Å². The van der Waals surface area contributed by atoms with Crippen molar-refractivity contribution in [3.8, 4) is 5.75 Å². The lowest BCUT2D eigenvalue weighted by Gasteiger charge is -2.14. The summed E-state index contributed by atoms with van der Waals surface area (Å²) in [5.41, 5.74) is 2.50. The number of amides is 1. The third-order valence-electron chi connectivity index (χ3n) is 4.86. The van der Waals surface area contributed by atoms with Crippen LogP contribution in [0.15, 0.2) is 72.9 Å². The summed E-state index contributed by atoms with van der Waals surface area (Å²) in [5.74, 6) is 0.487. The van der Waals surface area contributed by atoms with Gasteiger partial charge >= 0.3 is 0 Å². The molecule has 4 rings (SSSR count). The minimum absolute atomic E-state index is 0.0546. The van der Waals surface area contributed by atoms with Crippen LogP contribution in [0.5, 0.6) is 5.75 Å². The molecule has 0 aliphatic rings. The van der Waals surface area contributed by atoms with Gasteiger partial charge in [-0.2, -0.15) is 0 Å². The molecule has 1 N–H and O–H groups in total. The molecule has 1 atom stereocenters. The Bertz CT molecular complexity index is 1130. The Morgan fingerprint density at radius 2 is 1.74 bits per heavy atom. The van der Waals surface area contributed by atoms with E-state index in [-0.39, 0.29) is 11.8 Å². The first kappa shape index (κ1) is 17.0. The van der Waals surface area contributed by atoms with Gasteiger partial charge in [0.15, 0.2) is 0 Å². The molecular weight excluding hydrogens is 336 g/mol. The fraction of sp³-hybridized carbons (Fsp3) is 0.130. The van der Waals surface area contributed by atoms with E-state index in [0.29, 0.717) is 0 Å². The third-order valence-corrected chi connectivity index (χ3v) is 4.86. The Kier molecular flexibility index (Phi) is 4.47. The fourth-order valence-corrected chi connectivity index (χ4v) is 3.24. The fourth-order valence-electron chi connectivity index (χ4n) is 3.24. The van der Waals surface area contributed by atoms with Crippen LogP contribution in [0.3, 0.4) is 0 Å². The number of benzene rings is 3. The number of carbonyl (C=O) groups excluding carboxylic acids is 1. The Morgan fingerprint density at radius 3 is 2.59 bits per heavy atom. The van der Waals surface area contributed by atoms with Gasteiger partial charge in [-0.25, -0.2) is 0 Å².